The van der Waals surface area contributed by atoms with Crippen molar-refractivity contribution < 1.29 is 19.1 Å². The molecule has 9 heteroatoms. The zero-order valence-electron chi connectivity index (χ0n) is 14.6. The van der Waals surface area contributed by atoms with E-state index in [0.717, 1.165) is 4.88 Å². The maximum atomic E-state index is 12.2. The summed E-state index contributed by atoms with van der Waals surface area (Å²) in [7, 11) is 0. The molecular weight excluding hydrogens is 374 g/mol. The molecule has 0 aliphatic carbocycles. The Morgan fingerprint density at radius 2 is 2.31 bits per heavy atom. The van der Waals surface area contributed by atoms with Gasteiger partial charge in [0.05, 0.1) is 12.5 Å². The molecule has 0 spiro atoms. The van der Waals surface area contributed by atoms with E-state index in [1.165, 1.54) is 17.4 Å². The van der Waals surface area contributed by atoms with Gasteiger partial charge in [0.1, 0.15) is 6.04 Å². The summed E-state index contributed by atoms with van der Waals surface area (Å²) in [5.74, 6) is -1.20. The summed E-state index contributed by atoms with van der Waals surface area (Å²) >= 11 is 6.78. The van der Waals surface area contributed by atoms with E-state index in [2.05, 4.69) is 10.6 Å². The van der Waals surface area contributed by atoms with Gasteiger partial charge in [-0.25, -0.2) is 0 Å². The number of thiophene rings is 1. The van der Waals surface area contributed by atoms with Crippen molar-refractivity contribution in [2.75, 3.05) is 13.1 Å². The predicted molar refractivity (Wildman–Crippen MR) is 103 cm³/mol. The first-order valence-electron chi connectivity index (χ1n) is 8.17. The fraction of sp³-hybridized carbons (Fsp3) is 0.412. The number of carbonyl (C=O) groups is 3. The van der Waals surface area contributed by atoms with Crippen LogP contribution in [-0.2, 0) is 19.1 Å². The molecule has 2 amide bonds. The number of nitrogens with one attached hydrogen (secondary N) is 2. The van der Waals surface area contributed by atoms with E-state index in [9.17, 15) is 14.4 Å². The first-order chi connectivity index (χ1) is 12.4. The standard InChI is InChI=1S/C17H21N3O4S2/c1-11(2)24-15(22)10-13-16(23)18-7-8-20(13)17(25)19-14(21)6-5-12-4-3-9-26-12/h3-6,9,11,13H,7-8,10H2,1-2H3,(H,18,23)(H,19,21,25)/b6-5+. The Labute approximate surface area is 161 Å². The van der Waals surface area contributed by atoms with Crippen LogP contribution in [0.4, 0.5) is 0 Å². The van der Waals surface area contributed by atoms with Crippen molar-refractivity contribution in [3.63, 3.8) is 0 Å². The molecule has 26 heavy (non-hydrogen) atoms. The second kappa shape index (κ2) is 9.44. The lowest BCUT2D eigenvalue weighted by Gasteiger charge is -2.36. The minimum Gasteiger partial charge on any atom is -0.463 e. The van der Waals surface area contributed by atoms with Crippen molar-refractivity contribution in [3.05, 3.63) is 28.5 Å². The molecule has 0 aromatic carbocycles. The van der Waals surface area contributed by atoms with E-state index < -0.39 is 17.9 Å². The minimum atomic E-state index is -0.802. The largest absolute Gasteiger partial charge is 0.463 e. The Bertz CT molecular complexity index is 701. The van der Waals surface area contributed by atoms with Gasteiger partial charge in [0.2, 0.25) is 11.8 Å². The Morgan fingerprint density at radius 1 is 1.54 bits per heavy atom. The van der Waals surface area contributed by atoms with E-state index in [1.54, 1.807) is 24.8 Å². The predicted octanol–water partition coefficient (Wildman–Crippen LogP) is 1.30. The molecule has 1 atom stereocenters. The first kappa shape index (κ1) is 20.1. The molecular formula is C17H21N3O4S2. The third kappa shape index (κ3) is 5.92. The summed E-state index contributed by atoms with van der Waals surface area (Å²) in [4.78, 5) is 38.6. The summed E-state index contributed by atoms with van der Waals surface area (Å²) in [5.41, 5.74) is 0. The molecule has 7 nitrogen and oxygen atoms in total. The normalized spacial score (nSPS) is 17.3. The number of rotatable bonds is 5. The van der Waals surface area contributed by atoms with Crippen LogP contribution in [0.15, 0.2) is 23.6 Å². The topological polar surface area (TPSA) is 87.7 Å². The quantitative estimate of drug-likeness (QED) is 0.444. The van der Waals surface area contributed by atoms with Crippen LogP contribution >= 0.6 is 23.6 Å². The van der Waals surface area contributed by atoms with Crippen LogP contribution in [-0.4, -0.2) is 53.0 Å². The van der Waals surface area contributed by atoms with Crippen LogP contribution < -0.4 is 10.6 Å². The highest BCUT2D eigenvalue weighted by Crippen LogP contribution is 2.12. The highest BCUT2D eigenvalue weighted by Gasteiger charge is 2.34. The third-order valence-corrected chi connectivity index (χ3v) is 4.67. The minimum absolute atomic E-state index is 0.114. The molecule has 1 fully saturated rings. The molecule has 1 unspecified atom stereocenters. The van der Waals surface area contributed by atoms with Crippen LogP contribution in [0.25, 0.3) is 6.08 Å². The van der Waals surface area contributed by atoms with Gasteiger partial charge in [-0.05, 0) is 43.6 Å². The van der Waals surface area contributed by atoms with Gasteiger partial charge in [-0.1, -0.05) is 6.07 Å². The SMILES string of the molecule is CC(C)OC(=O)CC1C(=O)NCCN1C(=S)NC(=O)/C=C/c1cccs1. The Morgan fingerprint density at radius 3 is 2.96 bits per heavy atom. The van der Waals surface area contributed by atoms with Crippen LogP contribution in [0, 0.1) is 0 Å². The molecule has 0 bridgehead atoms. The van der Waals surface area contributed by atoms with Gasteiger partial charge in [-0.15, -0.1) is 11.3 Å². The maximum absolute atomic E-state index is 12.2. The van der Waals surface area contributed by atoms with E-state index in [4.69, 9.17) is 17.0 Å². The number of hydrogen-bond acceptors (Lipinski definition) is 6. The van der Waals surface area contributed by atoms with Crippen LogP contribution in [0.1, 0.15) is 25.1 Å². The molecule has 2 rings (SSSR count). The van der Waals surface area contributed by atoms with E-state index in [1.807, 2.05) is 17.5 Å². The molecule has 1 saturated heterocycles. The molecule has 1 aliphatic heterocycles. The lowest BCUT2D eigenvalue weighted by atomic mass is 10.1. The average molecular weight is 396 g/mol. The van der Waals surface area contributed by atoms with Gasteiger partial charge in [0.15, 0.2) is 5.11 Å². The van der Waals surface area contributed by atoms with Gasteiger partial charge in [0.25, 0.3) is 0 Å². The van der Waals surface area contributed by atoms with Gasteiger partial charge >= 0.3 is 5.97 Å². The fourth-order valence-corrected chi connectivity index (χ4v) is 3.33. The number of thiocarbonyl (C=S) groups is 1. The summed E-state index contributed by atoms with van der Waals surface area (Å²) < 4.78 is 5.10. The molecule has 1 aromatic rings. The van der Waals surface area contributed by atoms with Crippen molar-refractivity contribution >= 4 is 52.5 Å². The monoisotopic (exact) mass is 395 g/mol. The lowest BCUT2D eigenvalue weighted by Crippen LogP contribution is -2.60. The zero-order valence-corrected chi connectivity index (χ0v) is 16.2. The third-order valence-electron chi connectivity index (χ3n) is 3.49. The molecule has 0 saturated carbocycles. The number of piperazine rings is 1. The second-order valence-electron chi connectivity index (χ2n) is 5.89. The molecule has 2 heterocycles. The summed E-state index contributed by atoms with van der Waals surface area (Å²) in [5, 5.41) is 7.31. The van der Waals surface area contributed by atoms with Gasteiger partial charge in [-0.3, -0.25) is 19.7 Å². The number of amides is 2. The number of nitrogens with zero attached hydrogens (tertiary/aromatic N) is 1. The smallest absolute Gasteiger partial charge is 0.308 e. The molecule has 0 radical (unpaired) electrons. The van der Waals surface area contributed by atoms with Gasteiger partial charge in [-0.2, -0.15) is 0 Å². The summed E-state index contributed by atoms with van der Waals surface area (Å²) in [6, 6.07) is 2.97. The molecule has 1 aromatic heterocycles. The maximum Gasteiger partial charge on any atom is 0.308 e. The highest BCUT2D eigenvalue weighted by atomic mass is 32.1. The molecule has 140 valence electrons. The Balaban J connectivity index is 1.98. The van der Waals surface area contributed by atoms with Crippen LogP contribution in [0.5, 0.6) is 0 Å². The second-order valence-corrected chi connectivity index (χ2v) is 7.25. The number of hydrogen-bond donors (Lipinski definition) is 2. The van der Waals surface area contributed by atoms with Crippen LogP contribution in [0.2, 0.25) is 0 Å². The van der Waals surface area contributed by atoms with E-state index >= 15 is 0 Å². The average Bonchev–Trinajstić information content (AvgIpc) is 3.07. The summed E-state index contributed by atoms with van der Waals surface area (Å²) in [6.07, 6.45) is 2.66. The number of ether oxygens (including phenoxy) is 1. The number of carbonyl (C=O) groups excluding carboxylic acids is 3. The zero-order chi connectivity index (χ0) is 19.1. The van der Waals surface area contributed by atoms with Crippen molar-refractivity contribution in [2.24, 2.45) is 0 Å². The van der Waals surface area contributed by atoms with Crippen molar-refractivity contribution in [1.29, 1.82) is 0 Å². The number of esters is 1. The van der Waals surface area contributed by atoms with Crippen molar-refractivity contribution in [3.8, 4) is 0 Å². The summed E-state index contributed by atoms with van der Waals surface area (Å²) in [6.45, 7) is 4.26. The van der Waals surface area contributed by atoms with Crippen molar-refractivity contribution in [1.82, 2.24) is 15.5 Å². The van der Waals surface area contributed by atoms with Gasteiger partial charge in [0, 0.05) is 24.0 Å². The van der Waals surface area contributed by atoms with Crippen molar-refractivity contribution in [2.45, 2.75) is 32.4 Å². The van der Waals surface area contributed by atoms with E-state index in [0.29, 0.717) is 13.1 Å². The molecule has 1 aliphatic rings. The van der Waals surface area contributed by atoms with Gasteiger partial charge < -0.3 is 15.0 Å². The lowest BCUT2D eigenvalue weighted by molar-refractivity contribution is -0.150. The Hall–Kier alpha value is -2.26. The van der Waals surface area contributed by atoms with E-state index in [-0.39, 0.29) is 23.5 Å². The highest BCUT2D eigenvalue weighted by molar-refractivity contribution is 7.80. The first-order valence-corrected chi connectivity index (χ1v) is 9.46. The Kier molecular flexibility index (Phi) is 7.28. The van der Waals surface area contributed by atoms with Crippen LogP contribution in [0.3, 0.4) is 0 Å². The molecule has 2 N–H and O–H groups in total. The fourth-order valence-electron chi connectivity index (χ4n) is 2.39.